The first kappa shape index (κ1) is 20.1. The van der Waals surface area contributed by atoms with E-state index in [1.165, 1.54) is 48.5 Å². The smallest absolute Gasteiger partial charge is 0.335 e. The molecule has 0 spiro atoms. The van der Waals surface area contributed by atoms with Gasteiger partial charge in [-0.25, -0.2) is 14.5 Å². The Balaban J connectivity index is 2.08. The predicted molar refractivity (Wildman–Crippen MR) is 105 cm³/mol. The number of carboxylic acid groups (broad SMARTS) is 1. The Labute approximate surface area is 170 Å². The second-order valence-electron chi connectivity index (χ2n) is 5.93. The Bertz CT molecular complexity index is 1050. The molecular formula is C20H15ClN2O6. The van der Waals surface area contributed by atoms with Gasteiger partial charge in [-0.05, 0) is 55.5 Å². The molecule has 0 aromatic heterocycles. The Morgan fingerprint density at radius 3 is 2.48 bits per heavy atom. The van der Waals surface area contributed by atoms with E-state index in [-0.39, 0.29) is 29.0 Å². The number of nitrogens with one attached hydrogen (secondary N) is 1. The van der Waals surface area contributed by atoms with E-state index in [1.807, 2.05) is 0 Å². The van der Waals surface area contributed by atoms with Gasteiger partial charge in [-0.3, -0.25) is 14.9 Å². The normalized spacial score (nSPS) is 15.4. The van der Waals surface area contributed by atoms with Crippen molar-refractivity contribution in [3.8, 4) is 5.75 Å². The molecule has 9 heteroatoms. The van der Waals surface area contributed by atoms with E-state index >= 15 is 0 Å². The van der Waals surface area contributed by atoms with E-state index in [1.54, 1.807) is 6.92 Å². The number of ether oxygens (including phenoxy) is 1. The highest BCUT2D eigenvalue weighted by molar-refractivity contribution is 6.39. The standard InChI is InChI=1S/C20H15ClN2O6/c1-2-29-16-8-3-11(19(26)27)9-12(16)10-15-17(24)22-20(28)23(18(15)25)14-6-4-13(21)5-7-14/h3-10H,2H2,1H3,(H,26,27)(H,22,24,28)/b15-10+. The summed E-state index contributed by atoms with van der Waals surface area (Å²) in [6.45, 7) is 2.03. The van der Waals surface area contributed by atoms with Crippen LogP contribution in [0.5, 0.6) is 5.75 Å². The fourth-order valence-electron chi connectivity index (χ4n) is 2.72. The molecule has 1 aliphatic rings. The Morgan fingerprint density at radius 2 is 1.86 bits per heavy atom. The van der Waals surface area contributed by atoms with Crippen molar-refractivity contribution in [3.05, 3.63) is 64.2 Å². The number of urea groups is 1. The molecule has 2 aromatic rings. The fraction of sp³-hybridized carbons (Fsp3) is 0.100. The summed E-state index contributed by atoms with van der Waals surface area (Å²) in [5.41, 5.74) is 0.0490. The van der Waals surface area contributed by atoms with Gasteiger partial charge in [0.2, 0.25) is 0 Å². The van der Waals surface area contributed by atoms with E-state index in [0.717, 1.165) is 4.90 Å². The van der Waals surface area contributed by atoms with Crippen LogP contribution in [0, 0.1) is 0 Å². The lowest BCUT2D eigenvalue weighted by molar-refractivity contribution is -0.122. The summed E-state index contributed by atoms with van der Waals surface area (Å²) in [6.07, 6.45) is 1.20. The number of nitrogens with zero attached hydrogens (tertiary/aromatic N) is 1. The molecule has 148 valence electrons. The molecule has 1 saturated heterocycles. The van der Waals surface area contributed by atoms with Crippen LogP contribution in [0.4, 0.5) is 10.5 Å². The number of carboxylic acids is 1. The summed E-state index contributed by atoms with van der Waals surface area (Å²) in [5, 5.41) is 11.7. The van der Waals surface area contributed by atoms with Gasteiger partial charge >= 0.3 is 12.0 Å². The van der Waals surface area contributed by atoms with Crippen LogP contribution in [0.15, 0.2) is 48.0 Å². The summed E-state index contributed by atoms with van der Waals surface area (Å²) in [7, 11) is 0. The number of hydrogen-bond acceptors (Lipinski definition) is 5. The minimum absolute atomic E-state index is 0.0467. The van der Waals surface area contributed by atoms with Crippen LogP contribution >= 0.6 is 11.6 Å². The quantitative estimate of drug-likeness (QED) is 0.574. The number of benzene rings is 2. The summed E-state index contributed by atoms with van der Waals surface area (Å²) >= 11 is 5.84. The molecule has 0 atom stereocenters. The van der Waals surface area contributed by atoms with Gasteiger partial charge in [0.25, 0.3) is 11.8 Å². The monoisotopic (exact) mass is 414 g/mol. The van der Waals surface area contributed by atoms with E-state index in [2.05, 4.69) is 5.32 Å². The number of carbonyl (C=O) groups is 4. The van der Waals surface area contributed by atoms with Crippen LogP contribution in [-0.2, 0) is 9.59 Å². The minimum Gasteiger partial charge on any atom is -0.493 e. The molecule has 2 N–H and O–H groups in total. The molecule has 0 aliphatic carbocycles. The molecule has 4 amide bonds. The van der Waals surface area contributed by atoms with Gasteiger partial charge in [-0.1, -0.05) is 11.6 Å². The zero-order valence-electron chi connectivity index (χ0n) is 15.1. The number of aromatic carboxylic acids is 1. The number of imide groups is 2. The van der Waals surface area contributed by atoms with Gasteiger partial charge < -0.3 is 9.84 Å². The van der Waals surface area contributed by atoms with Crippen molar-refractivity contribution in [3.63, 3.8) is 0 Å². The number of halogens is 1. The molecule has 0 unspecified atom stereocenters. The second-order valence-corrected chi connectivity index (χ2v) is 6.36. The van der Waals surface area contributed by atoms with Gasteiger partial charge in [0, 0.05) is 10.6 Å². The number of barbiturate groups is 1. The van der Waals surface area contributed by atoms with Crippen LogP contribution in [0.3, 0.4) is 0 Å². The summed E-state index contributed by atoms with van der Waals surface area (Å²) < 4.78 is 5.45. The molecule has 2 aromatic carbocycles. The maximum Gasteiger partial charge on any atom is 0.335 e. The number of hydrogen-bond donors (Lipinski definition) is 2. The molecule has 8 nitrogen and oxygen atoms in total. The Morgan fingerprint density at radius 1 is 1.17 bits per heavy atom. The average Bonchev–Trinajstić information content (AvgIpc) is 2.67. The second kappa shape index (κ2) is 8.15. The molecule has 1 aliphatic heterocycles. The maximum absolute atomic E-state index is 12.9. The fourth-order valence-corrected chi connectivity index (χ4v) is 2.84. The maximum atomic E-state index is 12.9. The van der Waals surface area contributed by atoms with Crippen LogP contribution in [0.25, 0.3) is 6.08 Å². The van der Waals surface area contributed by atoms with Crippen LogP contribution in [0.1, 0.15) is 22.8 Å². The number of rotatable bonds is 5. The summed E-state index contributed by atoms with van der Waals surface area (Å²) in [5.74, 6) is -2.64. The minimum atomic E-state index is -1.18. The zero-order valence-corrected chi connectivity index (χ0v) is 15.9. The first-order valence-electron chi connectivity index (χ1n) is 8.49. The van der Waals surface area contributed by atoms with Gasteiger partial charge in [0.15, 0.2) is 0 Å². The summed E-state index contributed by atoms with van der Waals surface area (Å²) in [6, 6.07) is 9.09. The molecule has 0 bridgehead atoms. The van der Waals surface area contributed by atoms with Crippen LogP contribution < -0.4 is 15.0 Å². The molecule has 0 radical (unpaired) electrons. The lowest BCUT2D eigenvalue weighted by atomic mass is 10.0. The number of carbonyl (C=O) groups excluding carboxylic acids is 3. The molecule has 29 heavy (non-hydrogen) atoms. The molecule has 3 rings (SSSR count). The van der Waals surface area contributed by atoms with Crippen molar-refractivity contribution in [1.29, 1.82) is 0 Å². The van der Waals surface area contributed by atoms with E-state index in [0.29, 0.717) is 10.8 Å². The van der Waals surface area contributed by atoms with Crippen molar-refractivity contribution >= 4 is 47.2 Å². The first-order valence-corrected chi connectivity index (χ1v) is 8.86. The summed E-state index contributed by atoms with van der Waals surface area (Å²) in [4.78, 5) is 49.5. The van der Waals surface area contributed by atoms with Gasteiger partial charge in [-0.15, -0.1) is 0 Å². The lowest BCUT2D eigenvalue weighted by Gasteiger charge is -2.26. The van der Waals surface area contributed by atoms with Crippen molar-refractivity contribution in [2.75, 3.05) is 11.5 Å². The topological polar surface area (TPSA) is 113 Å². The highest BCUT2D eigenvalue weighted by atomic mass is 35.5. The van der Waals surface area contributed by atoms with Crippen molar-refractivity contribution in [2.45, 2.75) is 6.92 Å². The lowest BCUT2D eigenvalue weighted by Crippen LogP contribution is -2.54. The molecule has 1 fully saturated rings. The predicted octanol–water partition coefficient (Wildman–Crippen LogP) is 3.10. The first-order chi connectivity index (χ1) is 13.8. The number of amides is 4. The largest absolute Gasteiger partial charge is 0.493 e. The number of anilines is 1. The van der Waals surface area contributed by atoms with Gasteiger partial charge in [-0.2, -0.15) is 0 Å². The molecular weight excluding hydrogens is 400 g/mol. The third kappa shape index (κ3) is 4.12. The third-order valence-corrected chi connectivity index (χ3v) is 4.29. The molecule has 1 heterocycles. The van der Waals surface area contributed by atoms with Crippen molar-refractivity contribution in [2.24, 2.45) is 0 Å². The molecule has 0 saturated carbocycles. The highest BCUT2D eigenvalue weighted by Crippen LogP contribution is 2.27. The van der Waals surface area contributed by atoms with Gasteiger partial charge in [0.05, 0.1) is 17.9 Å². The van der Waals surface area contributed by atoms with E-state index in [9.17, 15) is 24.3 Å². The van der Waals surface area contributed by atoms with E-state index < -0.39 is 23.8 Å². The SMILES string of the molecule is CCOc1ccc(C(=O)O)cc1/C=C1\C(=O)NC(=O)N(c2ccc(Cl)cc2)C1=O. The third-order valence-electron chi connectivity index (χ3n) is 4.04. The Kier molecular flexibility index (Phi) is 5.65. The van der Waals surface area contributed by atoms with Gasteiger partial charge in [0.1, 0.15) is 11.3 Å². The van der Waals surface area contributed by atoms with Crippen LogP contribution in [0.2, 0.25) is 5.02 Å². The zero-order chi connectivity index (χ0) is 21.1. The Hall–Kier alpha value is -3.65. The highest BCUT2D eigenvalue weighted by Gasteiger charge is 2.37. The van der Waals surface area contributed by atoms with Crippen LogP contribution in [-0.4, -0.2) is 35.5 Å². The van der Waals surface area contributed by atoms with Crippen molar-refractivity contribution in [1.82, 2.24) is 5.32 Å². The average molecular weight is 415 g/mol. The van der Waals surface area contributed by atoms with Crippen molar-refractivity contribution < 1.29 is 29.0 Å². The van der Waals surface area contributed by atoms with E-state index in [4.69, 9.17) is 16.3 Å².